The average Bonchev–Trinajstić information content (AvgIpc) is 2.89. The summed E-state index contributed by atoms with van der Waals surface area (Å²) < 4.78 is 70.5. The van der Waals surface area contributed by atoms with E-state index in [-0.39, 0.29) is 17.0 Å². The molecule has 3 aromatic rings. The Morgan fingerprint density at radius 1 is 0.872 bits per heavy atom. The number of para-hydroxylation sites is 1. The number of benzene rings is 3. The van der Waals surface area contributed by atoms with Crippen molar-refractivity contribution in [1.29, 1.82) is 0 Å². The molecule has 0 bridgehead atoms. The van der Waals surface area contributed by atoms with E-state index < -0.39 is 28.1 Å². The van der Waals surface area contributed by atoms with E-state index in [9.17, 15) is 26.4 Å². The minimum atomic E-state index is -4.88. The zero-order chi connectivity index (χ0) is 28.5. The smallest absolute Gasteiger partial charge is 0.478 e. The molecular formula is C29H32F3NO5S. The predicted octanol–water partition coefficient (Wildman–Crippen LogP) is 7.23. The normalized spacial score (nSPS) is 11.8. The molecule has 0 aromatic heterocycles. The first-order valence-electron chi connectivity index (χ1n) is 12.8. The van der Waals surface area contributed by atoms with E-state index in [1.54, 1.807) is 24.3 Å². The van der Waals surface area contributed by atoms with Crippen LogP contribution in [0.4, 0.5) is 18.9 Å². The second-order valence-corrected chi connectivity index (χ2v) is 11.0. The second kappa shape index (κ2) is 13.5. The number of carboxylic acid groups (broad SMARTS) is 1. The van der Waals surface area contributed by atoms with Crippen LogP contribution in [0.2, 0.25) is 0 Å². The van der Waals surface area contributed by atoms with E-state index in [1.165, 1.54) is 16.4 Å². The molecule has 0 heterocycles. The van der Waals surface area contributed by atoms with Gasteiger partial charge in [-0.05, 0) is 72.9 Å². The monoisotopic (exact) mass is 563 g/mol. The maximum atomic E-state index is 13.8. The lowest BCUT2D eigenvalue weighted by Crippen LogP contribution is -2.33. The van der Waals surface area contributed by atoms with E-state index in [4.69, 9.17) is 5.11 Å². The summed E-state index contributed by atoms with van der Waals surface area (Å²) >= 11 is 0. The highest BCUT2D eigenvalue weighted by molar-refractivity contribution is 7.92. The van der Waals surface area contributed by atoms with Gasteiger partial charge in [-0.1, -0.05) is 62.9 Å². The van der Waals surface area contributed by atoms with Crippen molar-refractivity contribution in [2.24, 2.45) is 0 Å². The Bertz CT molecular complexity index is 1320. The Labute approximate surface area is 227 Å². The summed E-state index contributed by atoms with van der Waals surface area (Å²) in [6.07, 6.45) is 0.721. The number of carbonyl (C=O) groups is 1. The molecule has 0 aliphatic carbocycles. The quantitative estimate of drug-likeness (QED) is 0.209. The largest absolute Gasteiger partial charge is 0.573 e. The molecule has 39 heavy (non-hydrogen) atoms. The lowest BCUT2D eigenvalue weighted by molar-refractivity contribution is -0.274. The molecule has 10 heteroatoms. The highest BCUT2D eigenvalue weighted by Gasteiger charge is 2.32. The van der Waals surface area contributed by atoms with Gasteiger partial charge in [0.15, 0.2) is 0 Å². The molecule has 0 amide bonds. The van der Waals surface area contributed by atoms with E-state index in [1.807, 2.05) is 12.1 Å². The molecule has 210 valence electrons. The number of aromatic carboxylic acids is 1. The number of aryl methyl sites for hydroxylation is 2. The lowest BCUT2D eigenvalue weighted by atomic mass is 10.0. The summed E-state index contributed by atoms with van der Waals surface area (Å²) in [7, 11) is -4.10. The van der Waals surface area contributed by atoms with Crippen LogP contribution < -0.4 is 9.04 Å². The topological polar surface area (TPSA) is 83.9 Å². The molecule has 3 aromatic carbocycles. The first-order chi connectivity index (χ1) is 18.5. The van der Waals surface area contributed by atoms with Crippen molar-refractivity contribution >= 4 is 21.7 Å². The van der Waals surface area contributed by atoms with E-state index in [0.29, 0.717) is 24.9 Å². The fourth-order valence-electron chi connectivity index (χ4n) is 4.23. The molecule has 0 spiro atoms. The maximum absolute atomic E-state index is 13.8. The number of unbranched alkanes of at least 4 members (excludes halogenated alkanes) is 4. The molecule has 0 aliphatic rings. The van der Waals surface area contributed by atoms with Crippen molar-refractivity contribution in [3.8, 4) is 5.75 Å². The summed E-state index contributed by atoms with van der Waals surface area (Å²) in [6, 6.07) is 17.9. The molecule has 0 saturated carbocycles. The molecule has 6 nitrogen and oxygen atoms in total. The van der Waals surface area contributed by atoms with Crippen molar-refractivity contribution < 1.29 is 36.2 Å². The first kappa shape index (κ1) is 30.0. The fourth-order valence-corrected chi connectivity index (χ4v) is 5.77. The van der Waals surface area contributed by atoms with E-state index in [0.717, 1.165) is 61.1 Å². The third-order valence-electron chi connectivity index (χ3n) is 6.25. The van der Waals surface area contributed by atoms with Crippen molar-refractivity contribution in [2.75, 3.05) is 10.8 Å². The first-order valence-corrected chi connectivity index (χ1v) is 14.2. The summed E-state index contributed by atoms with van der Waals surface area (Å²) in [5.74, 6) is -1.51. The number of sulfonamides is 1. The summed E-state index contributed by atoms with van der Waals surface area (Å²) in [6.45, 7) is 2.31. The van der Waals surface area contributed by atoms with Crippen LogP contribution in [0.3, 0.4) is 0 Å². The number of nitrogens with zero attached hydrogens (tertiary/aromatic N) is 1. The van der Waals surface area contributed by atoms with Crippen molar-refractivity contribution in [3.63, 3.8) is 0 Å². The molecule has 1 N–H and O–H groups in total. The summed E-state index contributed by atoms with van der Waals surface area (Å²) in [5, 5.41) is 9.12. The SMILES string of the molecule is CCCCCCCN(c1ccccc1CCc1ccc(C(=O)O)cc1)S(=O)(=O)c1ccc(OC(F)(F)F)cc1. The van der Waals surface area contributed by atoms with Crippen LogP contribution in [0.5, 0.6) is 5.75 Å². The molecule has 0 saturated heterocycles. The molecule has 0 aliphatic heterocycles. The van der Waals surface area contributed by atoms with Crippen molar-refractivity contribution in [3.05, 3.63) is 89.5 Å². The number of rotatable bonds is 14. The Morgan fingerprint density at radius 3 is 2.13 bits per heavy atom. The number of anilines is 1. The van der Waals surface area contributed by atoms with Crippen LogP contribution >= 0.6 is 0 Å². The number of hydrogen-bond donors (Lipinski definition) is 1. The molecular weight excluding hydrogens is 531 g/mol. The zero-order valence-electron chi connectivity index (χ0n) is 21.7. The predicted molar refractivity (Wildman–Crippen MR) is 144 cm³/mol. The third-order valence-corrected chi connectivity index (χ3v) is 8.08. The zero-order valence-corrected chi connectivity index (χ0v) is 22.5. The Morgan fingerprint density at radius 2 is 1.51 bits per heavy atom. The molecule has 0 unspecified atom stereocenters. The number of hydrogen-bond acceptors (Lipinski definition) is 4. The minimum absolute atomic E-state index is 0.135. The van der Waals surface area contributed by atoms with Crippen LogP contribution in [0.25, 0.3) is 0 Å². The van der Waals surface area contributed by atoms with Crippen LogP contribution in [0, 0.1) is 0 Å². The lowest BCUT2D eigenvalue weighted by Gasteiger charge is -2.27. The minimum Gasteiger partial charge on any atom is -0.478 e. The number of ether oxygens (including phenoxy) is 1. The van der Waals surface area contributed by atoms with Gasteiger partial charge in [-0.2, -0.15) is 0 Å². The molecule has 3 rings (SSSR count). The van der Waals surface area contributed by atoms with Gasteiger partial charge in [-0.15, -0.1) is 13.2 Å². The van der Waals surface area contributed by atoms with Crippen LogP contribution in [0.1, 0.15) is 60.5 Å². The van der Waals surface area contributed by atoms with Crippen LogP contribution in [-0.2, 0) is 22.9 Å². The number of alkyl halides is 3. The van der Waals surface area contributed by atoms with Gasteiger partial charge in [0.05, 0.1) is 16.1 Å². The van der Waals surface area contributed by atoms with Gasteiger partial charge in [-0.25, -0.2) is 13.2 Å². The van der Waals surface area contributed by atoms with Gasteiger partial charge in [0.2, 0.25) is 0 Å². The number of carboxylic acids is 1. The fraction of sp³-hybridized carbons (Fsp3) is 0.345. The Hall–Kier alpha value is -3.53. The highest BCUT2D eigenvalue weighted by Crippen LogP contribution is 2.31. The van der Waals surface area contributed by atoms with Crippen LogP contribution in [-0.4, -0.2) is 32.4 Å². The Kier molecular flexibility index (Phi) is 10.4. The molecule has 0 atom stereocenters. The van der Waals surface area contributed by atoms with Crippen LogP contribution in [0.15, 0.2) is 77.7 Å². The summed E-state index contributed by atoms with van der Waals surface area (Å²) in [4.78, 5) is 11.0. The average molecular weight is 564 g/mol. The van der Waals surface area contributed by atoms with Crippen molar-refractivity contribution in [1.82, 2.24) is 0 Å². The maximum Gasteiger partial charge on any atom is 0.573 e. The number of halogens is 3. The van der Waals surface area contributed by atoms with E-state index in [2.05, 4.69) is 11.7 Å². The van der Waals surface area contributed by atoms with Gasteiger partial charge in [0.25, 0.3) is 10.0 Å². The summed E-state index contributed by atoms with van der Waals surface area (Å²) in [5.41, 5.74) is 2.38. The van der Waals surface area contributed by atoms with Crippen molar-refractivity contribution in [2.45, 2.75) is 63.1 Å². The van der Waals surface area contributed by atoms with Gasteiger partial charge < -0.3 is 9.84 Å². The third kappa shape index (κ3) is 8.74. The van der Waals surface area contributed by atoms with Gasteiger partial charge in [-0.3, -0.25) is 4.31 Å². The Balaban J connectivity index is 1.89. The standard InChI is InChI=1S/C29H32F3NO5S/c1-2-3-4-5-8-21-33(39(36,37)26-19-17-25(18-20-26)38-29(30,31)32)27-10-7-6-9-23(27)14-11-22-12-15-24(16-13-22)28(34)35/h6-7,9-10,12-13,15-20H,2-5,8,11,14,21H2,1H3,(H,34,35). The van der Waals surface area contributed by atoms with E-state index >= 15 is 0 Å². The highest BCUT2D eigenvalue weighted by atomic mass is 32.2. The van der Waals surface area contributed by atoms with Gasteiger partial charge >= 0.3 is 12.3 Å². The van der Waals surface area contributed by atoms with Gasteiger partial charge in [0.1, 0.15) is 5.75 Å². The second-order valence-electron chi connectivity index (χ2n) is 9.14. The molecule has 0 fully saturated rings. The van der Waals surface area contributed by atoms with Gasteiger partial charge in [0, 0.05) is 6.54 Å². The molecule has 0 radical (unpaired) electrons.